The molecule has 3 atom stereocenters. The van der Waals surface area contributed by atoms with E-state index in [-0.39, 0.29) is 6.42 Å². The van der Waals surface area contributed by atoms with Crippen molar-refractivity contribution in [1.82, 2.24) is 0 Å². The van der Waals surface area contributed by atoms with Gasteiger partial charge in [0, 0.05) is 6.42 Å². The molecule has 1 heterocycles. The molecule has 0 radical (unpaired) electrons. The third-order valence-corrected chi connectivity index (χ3v) is 8.62. The molecule has 0 bridgehead atoms. The van der Waals surface area contributed by atoms with Crippen molar-refractivity contribution in [2.45, 2.75) is 46.8 Å². The average Bonchev–Trinajstić information content (AvgIpc) is 2.69. The zero-order valence-corrected chi connectivity index (χ0v) is 16.6. The Balaban J connectivity index is 2.00. The molecule has 5 nitrogen and oxygen atoms in total. The van der Waals surface area contributed by atoms with E-state index in [4.69, 9.17) is 4.74 Å². The van der Waals surface area contributed by atoms with Gasteiger partial charge in [0.15, 0.2) is 21.4 Å². The highest BCUT2D eigenvalue weighted by Crippen LogP contribution is 2.58. The number of aliphatic hydroxyl groups is 2. The third kappa shape index (κ3) is 3.05. The van der Waals surface area contributed by atoms with Gasteiger partial charge in [0.2, 0.25) is 0 Å². The lowest BCUT2D eigenvalue weighted by Gasteiger charge is -2.53. The van der Waals surface area contributed by atoms with Gasteiger partial charge < -0.3 is 14.9 Å². The van der Waals surface area contributed by atoms with Crippen LogP contribution in [0.5, 0.6) is 5.75 Å². The zero-order valence-electron chi connectivity index (χ0n) is 15.8. The van der Waals surface area contributed by atoms with Gasteiger partial charge >= 0.3 is 6.18 Å². The van der Waals surface area contributed by atoms with Crippen LogP contribution in [-0.4, -0.2) is 36.9 Å². The molecule has 11 heteroatoms. The molecule has 0 spiro atoms. The van der Waals surface area contributed by atoms with Crippen molar-refractivity contribution in [2.75, 3.05) is 6.61 Å². The van der Waals surface area contributed by atoms with Gasteiger partial charge in [0.05, 0.1) is 22.1 Å². The fraction of sp³-hybridized carbons (Fsp3) is 0.400. The number of ether oxygens (including phenoxy) is 1. The molecule has 2 aromatic rings. The quantitative estimate of drug-likeness (QED) is 0.667. The normalized spacial score (nSPS) is 28.4. The number of alkyl halides is 3. The summed E-state index contributed by atoms with van der Waals surface area (Å²) in [4.78, 5) is -0.605. The molecule has 168 valence electrons. The van der Waals surface area contributed by atoms with E-state index in [1.807, 2.05) is 0 Å². The molecule has 0 unspecified atom stereocenters. The van der Waals surface area contributed by atoms with Gasteiger partial charge in [-0.1, -0.05) is 0 Å². The highest BCUT2D eigenvalue weighted by atomic mass is 32.2. The van der Waals surface area contributed by atoms with Crippen LogP contribution in [0.3, 0.4) is 0 Å². The van der Waals surface area contributed by atoms with E-state index in [0.29, 0.717) is 30.3 Å². The number of halogens is 5. The first-order valence-corrected chi connectivity index (χ1v) is 10.8. The minimum Gasteiger partial charge on any atom is -0.487 e. The van der Waals surface area contributed by atoms with Crippen LogP contribution in [-0.2, 0) is 20.8 Å². The summed E-state index contributed by atoms with van der Waals surface area (Å²) in [6.45, 7) is -0.753. The minimum atomic E-state index is -4.80. The van der Waals surface area contributed by atoms with Crippen LogP contribution < -0.4 is 4.74 Å². The second kappa shape index (κ2) is 6.88. The summed E-state index contributed by atoms with van der Waals surface area (Å²) >= 11 is 0. The summed E-state index contributed by atoms with van der Waals surface area (Å²) in [5, 5.41) is 21.4. The van der Waals surface area contributed by atoms with Crippen molar-refractivity contribution in [3.63, 3.8) is 0 Å². The second-order valence-corrected chi connectivity index (χ2v) is 9.98. The second-order valence-electron chi connectivity index (χ2n) is 7.80. The van der Waals surface area contributed by atoms with Gasteiger partial charge in [-0.3, -0.25) is 0 Å². The maximum absolute atomic E-state index is 15.0. The van der Waals surface area contributed by atoms with Crippen molar-refractivity contribution in [3.05, 3.63) is 59.2 Å². The SMILES string of the molecule is O=S(=O)(c1ccc(C(F)(F)F)cc1)[C@@]12CC[C@H](O)C[C@@]1(O)COc1c(F)ccc(F)c12. The first-order valence-electron chi connectivity index (χ1n) is 9.27. The number of hydrogen-bond acceptors (Lipinski definition) is 5. The minimum absolute atomic E-state index is 0.169. The van der Waals surface area contributed by atoms with E-state index < -0.39 is 85.3 Å². The Morgan fingerprint density at radius 1 is 1.03 bits per heavy atom. The van der Waals surface area contributed by atoms with Gasteiger partial charge in [0.25, 0.3) is 0 Å². The van der Waals surface area contributed by atoms with Crippen molar-refractivity contribution in [2.24, 2.45) is 0 Å². The Morgan fingerprint density at radius 2 is 1.65 bits per heavy atom. The lowest BCUT2D eigenvalue weighted by molar-refractivity contribution is -0.137. The number of hydrogen-bond donors (Lipinski definition) is 2. The van der Waals surface area contributed by atoms with Gasteiger partial charge in [-0.2, -0.15) is 13.2 Å². The summed E-state index contributed by atoms with van der Waals surface area (Å²) < 4.78 is 98.4. The van der Waals surface area contributed by atoms with Crippen molar-refractivity contribution < 1.29 is 45.3 Å². The molecule has 1 aliphatic carbocycles. The van der Waals surface area contributed by atoms with Gasteiger partial charge in [-0.15, -0.1) is 0 Å². The van der Waals surface area contributed by atoms with Crippen LogP contribution in [0.2, 0.25) is 0 Å². The van der Waals surface area contributed by atoms with E-state index in [9.17, 15) is 40.6 Å². The van der Waals surface area contributed by atoms with E-state index in [1.54, 1.807) is 0 Å². The standard InChI is InChI=1S/C20H17F5O5S/c21-14-5-6-15(22)17-16(14)19(8-7-12(26)9-18(19,27)10-30-17)31(28,29)13-3-1-11(2-4-13)20(23,24)25/h1-6,12,26-27H,7-10H2/t12-,18+,19+/m0/s1. The Labute approximate surface area is 174 Å². The van der Waals surface area contributed by atoms with Crippen molar-refractivity contribution >= 4 is 9.84 Å². The zero-order chi connectivity index (χ0) is 22.8. The highest BCUT2D eigenvalue weighted by molar-refractivity contribution is 7.92. The van der Waals surface area contributed by atoms with Crippen LogP contribution >= 0.6 is 0 Å². The smallest absolute Gasteiger partial charge is 0.416 e. The molecule has 0 saturated heterocycles. The molecule has 0 aromatic heterocycles. The summed E-state index contributed by atoms with van der Waals surface area (Å²) in [6, 6.07) is 3.98. The van der Waals surface area contributed by atoms with Crippen molar-refractivity contribution in [3.8, 4) is 5.75 Å². The molecule has 1 aliphatic heterocycles. The maximum atomic E-state index is 15.0. The van der Waals surface area contributed by atoms with Crippen LogP contribution in [0, 0.1) is 11.6 Å². The van der Waals surface area contributed by atoms with Crippen LogP contribution in [0.25, 0.3) is 0 Å². The molecular formula is C20H17F5O5S. The maximum Gasteiger partial charge on any atom is 0.416 e. The molecule has 1 saturated carbocycles. The van der Waals surface area contributed by atoms with E-state index in [1.165, 1.54) is 0 Å². The monoisotopic (exact) mass is 464 g/mol. The summed E-state index contributed by atoms with van der Waals surface area (Å²) in [5.74, 6) is -2.88. The molecule has 2 N–H and O–H groups in total. The molecule has 0 amide bonds. The summed E-state index contributed by atoms with van der Waals surface area (Å²) in [6.07, 6.45) is -7.02. The van der Waals surface area contributed by atoms with Crippen LogP contribution in [0.4, 0.5) is 22.0 Å². The van der Waals surface area contributed by atoms with Gasteiger partial charge in [-0.25, -0.2) is 17.2 Å². The molecule has 2 aromatic carbocycles. The Kier molecular flexibility index (Phi) is 4.88. The fourth-order valence-electron chi connectivity index (χ4n) is 4.58. The number of fused-ring (bicyclic) bond motifs is 3. The predicted octanol–water partition coefficient (Wildman–Crippen LogP) is 3.32. The first-order chi connectivity index (χ1) is 14.3. The van der Waals surface area contributed by atoms with Gasteiger partial charge in [0.1, 0.15) is 22.8 Å². The third-order valence-electron chi connectivity index (χ3n) is 6.02. The number of sulfone groups is 1. The van der Waals surface area contributed by atoms with Gasteiger partial charge in [-0.05, 0) is 49.2 Å². The Morgan fingerprint density at radius 3 is 2.26 bits per heavy atom. The lowest BCUT2D eigenvalue weighted by atomic mass is 9.68. The molecule has 1 fully saturated rings. The number of rotatable bonds is 2. The molecule has 4 rings (SSSR count). The van der Waals surface area contributed by atoms with E-state index in [2.05, 4.69) is 0 Å². The first kappa shape index (κ1) is 22.0. The van der Waals surface area contributed by atoms with E-state index >= 15 is 0 Å². The largest absolute Gasteiger partial charge is 0.487 e. The highest BCUT2D eigenvalue weighted by Gasteiger charge is 2.67. The van der Waals surface area contributed by atoms with Crippen LogP contribution in [0.1, 0.15) is 30.4 Å². The van der Waals surface area contributed by atoms with E-state index in [0.717, 1.165) is 6.07 Å². The van der Waals surface area contributed by atoms with Crippen LogP contribution in [0.15, 0.2) is 41.3 Å². The lowest BCUT2D eigenvalue weighted by Crippen LogP contribution is -2.65. The number of benzene rings is 2. The number of aliphatic hydroxyl groups excluding tert-OH is 1. The summed E-state index contributed by atoms with van der Waals surface area (Å²) in [7, 11) is -4.80. The fourth-order valence-corrected chi connectivity index (χ4v) is 6.96. The molecule has 2 aliphatic rings. The Bertz CT molecular complexity index is 1130. The predicted molar refractivity (Wildman–Crippen MR) is 97.0 cm³/mol. The molecular weight excluding hydrogens is 447 g/mol. The average molecular weight is 464 g/mol. The Hall–Kier alpha value is -2.24. The van der Waals surface area contributed by atoms with Crippen molar-refractivity contribution in [1.29, 1.82) is 0 Å². The topological polar surface area (TPSA) is 83.8 Å². The summed E-state index contributed by atoms with van der Waals surface area (Å²) in [5.41, 5.74) is -4.18. The molecule has 31 heavy (non-hydrogen) atoms.